The fraction of sp³-hybridized carbons (Fsp3) is 0.432. The molecule has 1 aromatic heterocycles. The summed E-state index contributed by atoms with van der Waals surface area (Å²) in [6.45, 7) is 11.9. The summed E-state index contributed by atoms with van der Waals surface area (Å²) < 4.78 is 45.0. The van der Waals surface area contributed by atoms with Crippen LogP contribution < -0.4 is 5.73 Å². The van der Waals surface area contributed by atoms with E-state index in [1.165, 1.54) is 6.07 Å². The second kappa shape index (κ2) is 15.2. The number of aliphatic carboxylic acids is 1. The first-order valence-corrected chi connectivity index (χ1v) is 16.4. The van der Waals surface area contributed by atoms with E-state index in [1.54, 1.807) is 6.07 Å². The highest BCUT2D eigenvalue weighted by molar-refractivity contribution is 6.31. The van der Waals surface area contributed by atoms with Gasteiger partial charge in [-0.15, -0.1) is 0 Å². The molecule has 7 nitrogen and oxygen atoms in total. The zero-order valence-corrected chi connectivity index (χ0v) is 28.8. The minimum Gasteiger partial charge on any atom is -0.481 e. The second-order valence-corrected chi connectivity index (χ2v) is 14.5. The topological polar surface area (TPSA) is 105 Å². The lowest BCUT2D eigenvalue weighted by Gasteiger charge is -2.39. The Morgan fingerprint density at radius 1 is 1.00 bits per heavy atom. The van der Waals surface area contributed by atoms with Gasteiger partial charge in [0.05, 0.1) is 11.0 Å². The molecule has 4 aromatic rings. The third kappa shape index (κ3) is 10.4. The quantitative estimate of drug-likeness (QED) is 0.181. The molecular formula is C37H44ClF3N4O3. The average molecular weight is 685 g/mol. The second-order valence-electron chi connectivity index (χ2n) is 14.1. The van der Waals surface area contributed by atoms with Crippen molar-refractivity contribution in [2.24, 2.45) is 17.1 Å². The highest BCUT2D eigenvalue weighted by atomic mass is 35.5. The summed E-state index contributed by atoms with van der Waals surface area (Å²) in [5.74, 6) is 0.370. The smallest absolute Gasteiger partial charge is 0.416 e. The number of likely N-dealkylation sites (tertiary alicyclic amines) is 1. The number of nitrogens with zero attached hydrogens (tertiary/aromatic N) is 3. The summed E-state index contributed by atoms with van der Waals surface area (Å²) in [4.78, 5) is 19.0. The van der Waals surface area contributed by atoms with Crippen LogP contribution >= 0.6 is 11.6 Å². The van der Waals surface area contributed by atoms with Crippen molar-refractivity contribution in [3.63, 3.8) is 0 Å². The van der Waals surface area contributed by atoms with Crippen LogP contribution in [-0.2, 0) is 30.4 Å². The van der Waals surface area contributed by atoms with Crippen LogP contribution in [0.1, 0.15) is 69.7 Å². The summed E-state index contributed by atoms with van der Waals surface area (Å²) in [7, 11) is 0. The minimum absolute atomic E-state index is 0. The monoisotopic (exact) mass is 684 g/mol. The number of benzene rings is 3. The number of hydrogen-bond acceptors (Lipinski definition) is 6. The molecule has 0 spiro atoms. The molecule has 1 saturated heterocycles. The van der Waals surface area contributed by atoms with Crippen LogP contribution in [0.4, 0.5) is 13.2 Å². The fourth-order valence-electron chi connectivity index (χ4n) is 5.61. The molecule has 0 amide bonds. The predicted molar refractivity (Wildman–Crippen MR) is 182 cm³/mol. The van der Waals surface area contributed by atoms with Gasteiger partial charge in [0.2, 0.25) is 5.82 Å². The molecule has 2 heterocycles. The molecule has 1 aliphatic heterocycles. The Morgan fingerprint density at radius 3 is 2.19 bits per heavy atom. The minimum atomic E-state index is -4.47. The maximum atomic E-state index is 13.2. The SMILES string of the molecule is CC(C)(C)N.CC(C)Cc1ccc(-c2nc(-c3ccc(CN4CCC(Cc5cccc(C(F)(F)F)c5)(C(=O)O)CC4)cc3)no2)cc1Cl. The van der Waals surface area contributed by atoms with Gasteiger partial charge in [-0.2, -0.15) is 18.2 Å². The van der Waals surface area contributed by atoms with Crippen LogP contribution in [0.5, 0.6) is 0 Å². The normalized spacial score (nSPS) is 15.2. The maximum absolute atomic E-state index is 13.2. The average Bonchev–Trinajstić information content (AvgIpc) is 3.49. The van der Waals surface area contributed by atoms with Gasteiger partial charge in [0, 0.05) is 28.2 Å². The van der Waals surface area contributed by atoms with Gasteiger partial charge in [0.15, 0.2) is 0 Å². The molecule has 0 radical (unpaired) electrons. The van der Waals surface area contributed by atoms with Gasteiger partial charge in [-0.05, 0) is 100 Å². The van der Waals surface area contributed by atoms with Crippen molar-refractivity contribution in [3.8, 4) is 22.8 Å². The van der Waals surface area contributed by atoms with Gasteiger partial charge in [0.25, 0.3) is 5.89 Å². The molecule has 3 aromatic carbocycles. The summed E-state index contributed by atoms with van der Waals surface area (Å²) in [6, 6.07) is 18.5. The van der Waals surface area contributed by atoms with Crippen molar-refractivity contribution in [1.29, 1.82) is 0 Å². The molecule has 0 saturated carbocycles. The van der Waals surface area contributed by atoms with Crippen molar-refractivity contribution in [3.05, 3.63) is 94.0 Å². The third-order valence-corrected chi connectivity index (χ3v) is 8.39. The lowest BCUT2D eigenvalue weighted by molar-refractivity contribution is -0.152. The van der Waals surface area contributed by atoms with E-state index in [0.717, 1.165) is 40.8 Å². The molecule has 3 N–H and O–H groups in total. The molecule has 5 rings (SSSR count). The van der Waals surface area contributed by atoms with Crippen LogP contribution in [-0.4, -0.2) is 44.7 Å². The summed E-state index contributed by atoms with van der Waals surface area (Å²) in [6.07, 6.45) is -2.81. The maximum Gasteiger partial charge on any atom is 0.416 e. The van der Waals surface area contributed by atoms with Gasteiger partial charge >= 0.3 is 12.1 Å². The van der Waals surface area contributed by atoms with E-state index in [9.17, 15) is 23.1 Å². The molecule has 1 aliphatic rings. The first-order valence-electron chi connectivity index (χ1n) is 16.0. The fourth-order valence-corrected chi connectivity index (χ4v) is 5.87. The van der Waals surface area contributed by atoms with Crippen LogP contribution in [0.2, 0.25) is 5.02 Å². The Labute approximate surface area is 285 Å². The van der Waals surface area contributed by atoms with Crippen LogP contribution in [0.3, 0.4) is 0 Å². The van der Waals surface area contributed by atoms with Gasteiger partial charge in [-0.25, -0.2) is 0 Å². The Hall–Kier alpha value is -3.73. The van der Waals surface area contributed by atoms with Crippen molar-refractivity contribution >= 4 is 17.6 Å². The summed E-state index contributed by atoms with van der Waals surface area (Å²) >= 11 is 6.47. The lowest BCUT2D eigenvalue weighted by Crippen LogP contribution is -2.45. The number of carboxylic acid groups (broad SMARTS) is 1. The number of nitrogens with two attached hydrogens (primary N) is 1. The lowest BCUT2D eigenvalue weighted by atomic mass is 9.73. The number of aromatic nitrogens is 2. The van der Waals surface area contributed by atoms with Crippen LogP contribution in [0, 0.1) is 11.3 Å². The van der Waals surface area contributed by atoms with Crippen molar-refractivity contribution in [2.75, 3.05) is 13.1 Å². The third-order valence-electron chi connectivity index (χ3n) is 8.04. The Balaban J connectivity index is 0.000000968. The van der Waals surface area contributed by atoms with Crippen LogP contribution in [0.25, 0.3) is 22.8 Å². The van der Waals surface area contributed by atoms with E-state index in [-0.39, 0.29) is 12.0 Å². The number of carbonyl (C=O) groups is 1. The van der Waals surface area contributed by atoms with Gasteiger partial charge in [0.1, 0.15) is 0 Å². The molecule has 48 heavy (non-hydrogen) atoms. The summed E-state index contributed by atoms with van der Waals surface area (Å²) in [5, 5.41) is 14.9. The standard InChI is InChI=1S/C33H33ClF3N3O3.C4H11N/c1-21(2)16-25-10-11-26(18-28(25)34)30-38-29(39-43-30)24-8-6-22(7-9-24)20-40-14-12-32(13-15-40,31(41)42)19-23-4-3-5-27(17-23)33(35,36)37;1-4(2,3)5/h3-11,17-18,21H,12-16,19-20H2,1-2H3,(H,41,42);5H2,1-3H3. The number of hydrogen-bond donors (Lipinski definition) is 2. The summed E-state index contributed by atoms with van der Waals surface area (Å²) in [5.41, 5.74) is 7.55. The van der Waals surface area contributed by atoms with E-state index in [1.807, 2.05) is 63.2 Å². The van der Waals surface area contributed by atoms with Crippen molar-refractivity contribution < 1.29 is 27.6 Å². The van der Waals surface area contributed by atoms with E-state index in [0.29, 0.717) is 60.7 Å². The Bertz CT molecular complexity index is 1670. The number of rotatable bonds is 9. The molecule has 0 unspecified atom stereocenters. The van der Waals surface area contributed by atoms with Crippen molar-refractivity contribution in [1.82, 2.24) is 15.0 Å². The zero-order chi connectivity index (χ0) is 35.3. The Morgan fingerprint density at radius 2 is 1.62 bits per heavy atom. The van der Waals surface area contributed by atoms with E-state index >= 15 is 0 Å². The van der Waals surface area contributed by atoms with Crippen molar-refractivity contribution in [2.45, 2.75) is 78.6 Å². The number of piperidine rings is 1. The molecule has 258 valence electrons. The number of carboxylic acids is 1. The number of halogens is 4. The molecule has 11 heteroatoms. The molecular weight excluding hydrogens is 641 g/mol. The molecule has 0 atom stereocenters. The number of alkyl halides is 3. The molecule has 0 aliphatic carbocycles. The largest absolute Gasteiger partial charge is 0.481 e. The first-order chi connectivity index (χ1) is 22.4. The zero-order valence-electron chi connectivity index (χ0n) is 28.1. The Kier molecular flexibility index (Phi) is 11.8. The highest BCUT2D eigenvalue weighted by Gasteiger charge is 2.42. The van der Waals surface area contributed by atoms with Gasteiger partial charge < -0.3 is 15.4 Å². The van der Waals surface area contributed by atoms with E-state index < -0.39 is 23.1 Å². The van der Waals surface area contributed by atoms with Crippen LogP contribution in [0.15, 0.2) is 71.3 Å². The van der Waals surface area contributed by atoms with Gasteiger partial charge in [-0.3, -0.25) is 9.69 Å². The van der Waals surface area contributed by atoms with E-state index in [4.69, 9.17) is 21.9 Å². The highest BCUT2D eigenvalue weighted by Crippen LogP contribution is 2.38. The van der Waals surface area contributed by atoms with E-state index in [2.05, 4.69) is 28.9 Å². The molecule has 1 fully saturated rings. The van der Waals surface area contributed by atoms with Gasteiger partial charge in [-0.1, -0.05) is 79.1 Å². The predicted octanol–water partition coefficient (Wildman–Crippen LogP) is 8.93. The first kappa shape index (κ1) is 37.1. The molecule has 0 bridgehead atoms.